The van der Waals surface area contributed by atoms with Gasteiger partial charge in [-0.1, -0.05) is 29.5 Å². The SMILES string of the molecule is Cc1cc(C)c2sc(N(CCN(C)C)C(=O)c3ccccc3I)nc2c1. The fourth-order valence-corrected chi connectivity index (χ4v) is 4.50. The molecule has 0 atom stereocenters. The number of benzene rings is 2. The molecule has 1 amide bonds. The van der Waals surface area contributed by atoms with Crippen molar-refractivity contribution in [1.82, 2.24) is 9.88 Å². The standard InChI is InChI=1S/C20H22IN3OS/c1-13-11-14(2)18-17(12-13)22-20(26-18)24(10-9-23(3)4)19(25)15-7-5-6-8-16(15)21/h5-8,11-12H,9-10H2,1-4H3. The molecule has 0 spiro atoms. The molecule has 0 N–H and O–H groups in total. The predicted molar refractivity (Wildman–Crippen MR) is 118 cm³/mol. The molecule has 0 bridgehead atoms. The number of amides is 1. The number of nitrogens with zero attached hydrogens (tertiary/aromatic N) is 3. The van der Waals surface area contributed by atoms with Gasteiger partial charge in [-0.05, 0) is 79.9 Å². The Kier molecular flexibility index (Phi) is 5.94. The number of anilines is 1. The molecule has 0 saturated heterocycles. The monoisotopic (exact) mass is 479 g/mol. The Morgan fingerprint density at radius 1 is 1.15 bits per heavy atom. The van der Waals surface area contributed by atoms with Crippen molar-refractivity contribution in [2.75, 3.05) is 32.1 Å². The van der Waals surface area contributed by atoms with Gasteiger partial charge in [0.15, 0.2) is 5.13 Å². The number of aromatic nitrogens is 1. The van der Waals surface area contributed by atoms with Crippen LogP contribution in [0.1, 0.15) is 21.5 Å². The molecular weight excluding hydrogens is 457 g/mol. The van der Waals surface area contributed by atoms with Gasteiger partial charge >= 0.3 is 0 Å². The molecule has 0 aliphatic rings. The minimum atomic E-state index is 0.00489. The molecule has 0 unspecified atom stereocenters. The summed E-state index contributed by atoms with van der Waals surface area (Å²) in [5.74, 6) is 0.00489. The number of carbonyl (C=O) groups excluding carboxylic acids is 1. The van der Waals surface area contributed by atoms with Crippen LogP contribution in [-0.4, -0.2) is 43.0 Å². The first-order valence-electron chi connectivity index (χ1n) is 8.45. The lowest BCUT2D eigenvalue weighted by Gasteiger charge is -2.22. The molecule has 3 rings (SSSR count). The average molecular weight is 479 g/mol. The third-order valence-electron chi connectivity index (χ3n) is 4.16. The highest BCUT2D eigenvalue weighted by Gasteiger charge is 2.23. The number of likely N-dealkylation sites (N-methyl/N-ethyl adjacent to an activating group) is 1. The predicted octanol–water partition coefficient (Wildman–Crippen LogP) is 4.73. The number of fused-ring (bicyclic) bond motifs is 1. The van der Waals surface area contributed by atoms with E-state index in [4.69, 9.17) is 4.98 Å². The van der Waals surface area contributed by atoms with Crippen LogP contribution < -0.4 is 4.90 Å². The summed E-state index contributed by atoms with van der Waals surface area (Å²) in [6.45, 7) is 5.56. The normalized spacial score (nSPS) is 11.3. The molecule has 0 saturated carbocycles. The molecule has 136 valence electrons. The van der Waals surface area contributed by atoms with Crippen molar-refractivity contribution in [3.63, 3.8) is 0 Å². The highest BCUT2D eigenvalue weighted by atomic mass is 127. The van der Waals surface area contributed by atoms with Crippen molar-refractivity contribution >= 4 is 55.2 Å². The fourth-order valence-electron chi connectivity index (χ4n) is 2.84. The number of thiazole rings is 1. The molecule has 0 aliphatic heterocycles. The average Bonchev–Trinajstić information content (AvgIpc) is 2.99. The quantitative estimate of drug-likeness (QED) is 0.497. The molecule has 0 fully saturated rings. The molecule has 4 nitrogen and oxygen atoms in total. The van der Waals surface area contributed by atoms with E-state index in [1.807, 2.05) is 43.3 Å². The maximum atomic E-state index is 13.3. The number of halogens is 1. The first-order chi connectivity index (χ1) is 12.4. The fraction of sp³-hybridized carbons (Fsp3) is 0.300. The second-order valence-corrected chi connectivity index (χ2v) is 8.81. The number of aryl methyl sites for hydroxylation is 2. The number of hydrogen-bond acceptors (Lipinski definition) is 4. The summed E-state index contributed by atoms with van der Waals surface area (Å²) >= 11 is 3.81. The van der Waals surface area contributed by atoms with E-state index in [0.717, 1.165) is 31.0 Å². The van der Waals surface area contributed by atoms with E-state index in [1.54, 1.807) is 11.3 Å². The van der Waals surface area contributed by atoms with Crippen LogP contribution >= 0.6 is 33.9 Å². The lowest BCUT2D eigenvalue weighted by atomic mass is 10.1. The summed E-state index contributed by atoms with van der Waals surface area (Å²) in [6, 6.07) is 12.0. The van der Waals surface area contributed by atoms with E-state index < -0.39 is 0 Å². The molecule has 6 heteroatoms. The molecule has 26 heavy (non-hydrogen) atoms. The zero-order valence-electron chi connectivity index (χ0n) is 15.4. The van der Waals surface area contributed by atoms with Crippen LogP contribution in [0.3, 0.4) is 0 Å². The minimum Gasteiger partial charge on any atom is -0.308 e. The summed E-state index contributed by atoms with van der Waals surface area (Å²) < 4.78 is 2.11. The summed E-state index contributed by atoms with van der Waals surface area (Å²) in [5, 5.41) is 0.764. The van der Waals surface area contributed by atoms with Crippen molar-refractivity contribution in [2.24, 2.45) is 0 Å². The molecule has 0 radical (unpaired) electrons. The van der Waals surface area contributed by atoms with E-state index in [2.05, 4.69) is 53.5 Å². The van der Waals surface area contributed by atoms with E-state index in [0.29, 0.717) is 6.54 Å². The Morgan fingerprint density at radius 3 is 2.58 bits per heavy atom. The van der Waals surface area contributed by atoms with E-state index in [-0.39, 0.29) is 5.91 Å². The second-order valence-electron chi connectivity index (χ2n) is 6.67. The van der Waals surface area contributed by atoms with Gasteiger partial charge in [0.05, 0.1) is 15.8 Å². The van der Waals surface area contributed by atoms with Crippen LogP contribution in [0.15, 0.2) is 36.4 Å². The van der Waals surface area contributed by atoms with Gasteiger partial charge in [-0.3, -0.25) is 9.69 Å². The van der Waals surface area contributed by atoms with Crippen LogP contribution in [0, 0.1) is 17.4 Å². The highest BCUT2D eigenvalue weighted by molar-refractivity contribution is 14.1. The largest absolute Gasteiger partial charge is 0.308 e. The Hall–Kier alpha value is -1.51. The van der Waals surface area contributed by atoms with Crippen molar-refractivity contribution < 1.29 is 4.79 Å². The van der Waals surface area contributed by atoms with Gasteiger partial charge in [-0.2, -0.15) is 0 Å². The third-order valence-corrected chi connectivity index (χ3v) is 6.33. The third kappa shape index (κ3) is 4.07. The Morgan fingerprint density at radius 2 is 1.88 bits per heavy atom. The van der Waals surface area contributed by atoms with Crippen molar-refractivity contribution in [1.29, 1.82) is 0 Å². The van der Waals surface area contributed by atoms with E-state index in [9.17, 15) is 4.79 Å². The topological polar surface area (TPSA) is 36.4 Å². The number of hydrogen-bond donors (Lipinski definition) is 0. The smallest absolute Gasteiger partial charge is 0.261 e. The summed E-state index contributed by atoms with van der Waals surface area (Å²) in [5.41, 5.74) is 4.08. The summed E-state index contributed by atoms with van der Waals surface area (Å²) in [7, 11) is 4.03. The van der Waals surface area contributed by atoms with Gasteiger partial charge in [0.1, 0.15) is 0 Å². The van der Waals surface area contributed by atoms with E-state index in [1.165, 1.54) is 11.1 Å². The molecule has 2 aromatic carbocycles. The Labute approximate surface area is 172 Å². The number of carbonyl (C=O) groups is 1. The minimum absolute atomic E-state index is 0.00489. The van der Waals surface area contributed by atoms with Crippen molar-refractivity contribution in [3.8, 4) is 0 Å². The molecule has 0 aliphatic carbocycles. The van der Waals surface area contributed by atoms with Crippen LogP contribution in [0.5, 0.6) is 0 Å². The van der Waals surface area contributed by atoms with Crippen LogP contribution in [0.2, 0.25) is 0 Å². The van der Waals surface area contributed by atoms with Gasteiger partial charge in [-0.15, -0.1) is 0 Å². The highest BCUT2D eigenvalue weighted by Crippen LogP contribution is 2.33. The van der Waals surface area contributed by atoms with Crippen molar-refractivity contribution in [3.05, 3.63) is 56.7 Å². The van der Waals surface area contributed by atoms with Gasteiger partial charge in [0.25, 0.3) is 5.91 Å². The zero-order chi connectivity index (χ0) is 18.8. The first-order valence-corrected chi connectivity index (χ1v) is 10.3. The van der Waals surface area contributed by atoms with Crippen molar-refractivity contribution in [2.45, 2.75) is 13.8 Å². The van der Waals surface area contributed by atoms with E-state index >= 15 is 0 Å². The lowest BCUT2D eigenvalue weighted by molar-refractivity contribution is 0.0984. The zero-order valence-corrected chi connectivity index (χ0v) is 18.4. The molecule has 3 aromatic rings. The maximum Gasteiger partial charge on any atom is 0.261 e. The summed E-state index contributed by atoms with van der Waals surface area (Å²) in [6.07, 6.45) is 0. The maximum absolute atomic E-state index is 13.3. The Balaban J connectivity index is 2.05. The van der Waals surface area contributed by atoms with Gasteiger partial charge in [-0.25, -0.2) is 4.98 Å². The van der Waals surface area contributed by atoms with Crippen LogP contribution in [0.25, 0.3) is 10.2 Å². The van der Waals surface area contributed by atoms with Crippen LogP contribution in [0.4, 0.5) is 5.13 Å². The Bertz CT molecular complexity index is 951. The second kappa shape index (κ2) is 8.02. The molecular formula is C20H22IN3OS. The molecule has 1 aromatic heterocycles. The lowest BCUT2D eigenvalue weighted by Crippen LogP contribution is -2.37. The van der Waals surface area contributed by atoms with Gasteiger partial charge in [0.2, 0.25) is 0 Å². The van der Waals surface area contributed by atoms with Gasteiger partial charge in [0, 0.05) is 16.7 Å². The summed E-state index contributed by atoms with van der Waals surface area (Å²) in [4.78, 5) is 22.0. The molecule has 1 heterocycles. The number of rotatable bonds is 5. The first kappa shape index (κ1) is 19.3. The van der Waals surface area contributed by atoms with Crippen LogP contribution in [-0.2, 0) is 0 Å². The van der Waals surface area contributed by atoms with Gasteiger partial charge < -0.3 is 4.90 Å².